The van der Waals surface area contributed by atoms with Crippen molar-refractivity contribution in [3.05, 3.63) is 0 Å². The van der Waals surface area contributed by atoms with Crippen LogP contribution in [0.5, 0.6) is 0 Å². The summed E-state index contributed by atoms with van der Waals surface area (Å²) >= 11 is 0.129. The Bertz CT molecular complexity index is 68.0. The smallest absolute Gasteiger partial charge is 0.218 e. The molecule has 4 heteroatoms. The molecule has 1 amide bonds. The Kier molecular flexibility index (Phi) is 3.78. The van der Waals surface area contributed by atoms with Crippen LogP contribution in [0.4, 0.5) is 3.89 Å². The van der Waals surface area contributed by atoms with Crippen molar-refractivity contribution >= 4 is 18.1 Å². The second-order valence-electron chi connectivity index (χ2n) is 1.03. The van der Waals surface area contributed by atoms with E-state index in [-0.39, 0.29) is 24.3 Å². The quantitative estimate of drug-likeness (QED) is 0.593. The van der Waals surface area contributed by atoms with E-state index in [1.165, 1.54) is 0 Å². The van der Waals surface area contributed by atoms with E-state index in [1.807, 2.05) is 0 Å². The molecule has 0 saturated heterocycles. The summed E-state index contributed by atoms with van der Waals surface area (Å²) in [5.41, 5.74) is 4.66. The van der Waals surface area contributed by atoms with Gasteiger partial charge in [-0.05, 0) is 0 Å². The van der Waals surface area contributed by atoms with E-state index in [2.05, 4.69) is 5.73 Å². The molecule has 0 bridgehead atoms. The Balaban J connectivity index is 2.82. The van der Waals surface area contributed by atoms with Gasteiger partial charge in [-0.2, -0.15) is 3.89 Å². The maximum absolute atomic E-state index is 11.1. The average Bonchev–Trinajstić information content (AvgIpc) is 1.61. The molecular weight excluding hydrogens is 117 g/mol. The standard InChI is InChI=1S/C3H6FNOS/c4-7-2-1-3(5)6/h1-2H2,(H2,5,6). The average molecular weight is 123 g/mol. The minimum Gasteiger partial charge on any atom is -0.370 e. The summed E-state index contributed by atoms with van der Waals surface area (Å²) in [6.07, 6.45) is 0.126. The molecule has 0 fully saturated rings. The van der Waals surface area contributed by atoms with Gasteiger partial charge in [0.25, 0.3) is 0 Å². The zero-order valence-electron chi connectivity index (χ0n) is 3.69. The van der Waals surface area contributed by atoms with Gasteiger partial charge in [0.15, 0.2) is 0 Å². The van der Waals surface area contributed by atoms with E-state index < -0.39 is 5.91 Å². The molecule has 0 aromatic carbocycles. The van der Waals surface area contributed by atoms with Crippen molar-refractivity contribution in [1.82, 2.24) is 0 Å². The number of hydrogen-bond donors (Lipinski definition) is 1. The molecular formula is C3H6FNOS. The van der Waals surface area contributed by atoms with Gasteiger partial charge in [0.05, 0.1) is 0 Å². The molecule has 2 nitrogen and oxygen atoms in total. The number of halogens is 1. The van der Waals surface area contributed by atoms with Crippen LogP contribution in [0.15, 0.2) is 0 Å². The number of amides is 1. The molecule has 7 heavy (non-hydrogen) atoms. The van der Waals surface area contributed by atoms with Crippen LogP contribution in [0.1, 0.15) is 6.42 Å². The van der Waals surface area contributed by atoms with Crippen LogP contribution in [0.25, 0.3) is 0 Å². The summed E-state index contributed by atoms with van der Waals surface area (Å²) in [6.45, 7) is 0. The Morgan fingerprint density at radius 1 is 1.86 bits per heavy atom. The molecule has 0 aliphatic heterocycles. The first-order valence-corrected chi connectivity index (χ1v) is 2.68. The third-order valence-corrected chi connectivity index (χ3v) is 0.784. The van der Waals surface area contributed by atoms with Crippen LogP contribution >= 0.6 is 12.1 Å². The minimum absolute atomic E-state index is 0.126. The SMILES string of the molecule is NC(=O)CCSF. The van der Waals surface area contributed by atoms with Gasteiger partial charge >= 0.3 is 0 Å². The largest absolute Gasteiger partial charge is 0.370 e. The summed E-state index contributed by atoms with van der Waals surface area (Å²) < 4.78 is 11.1. The molecule has 0 aromatic heterocycles. The first-order valence-electron chi connectivity index (χ1n) is 1.79. The summed E-state index contributed by atoms with van der Waals surface area (Å²) in [4.78, 5) is 9.80. The Morgan fingerprint density at radius 3 is 2.57 bits per heavy atom. The number of carbonyl (C=O) groups is 1. The lowest BCUT2D eigenvalue weighted by atomic mass is 10.5. The van der Waals surface area contributed by atoms with Crippen LogP contribution in [0.3, 0.4) is 0 Å². The number of carbonyl (C=O) groups excluding carboxylic acids is 1. The highest BCUT2D eigenvalue weighted by atomic mass is 32.2. The Hall–Kier alpha value is -0.250. The zero-order chi connectivity index (χ0) is 5.70. The number of nitrogens with two attached hydrogens (primary N) is 1. The molecule has 0 radical (unpaired) electrons. The maximum atomic E-state index is 11.1. The normalized spacial score (nSPS) is 8.71. The molecule has 2 N–H and O–H groups in total. The summed E-state index contributed by atoms with van der Waals surface area (Å²) in [7, 11) is 0. The predicted molar refractivity (Wildman–Crippen MR) is 27.4 cm³/mol. The third kappa shape index (κ3) is 5.75. The first kappa shape index (κ1) is 6.75. The molecule has 42 valence electrons. The lowest BCUT2D eigenvalue weighted by molar-refractivity contribution is -0.117. The maximum Gasteiger partial charge on any atom is 0.218 e. The van der Waals surface area contributed by atoms with Crippen molar-refractivity contribution in [3.63, 3.8) is 0 Å². The van der Waals surface area contributed by atoms with Crippen molar-refractivity contribution in [2.75, 3.05) is 5.75 Å². The predicted octanol–water partition coefficient (Wildman–Crippen LogP) is 0.479. The summed E-state index contributed by atoms with van der Waals surface area (Å²) in [5, 5.41) is 0. The topological polar surface area (TPSA) is 43.1 Å². The molecule has 0 heterocycles. The van der Waals surface area contributed by atoms with Gasteiger partial charge in [-0.25, -0.2) is 0 Å². The minimum atomic E-state index is -0.454. The van der Waals surface area contributed by atoms with E-state index in [0.29, 0.717) is 0 Å². The molecule has 0 aliphatic rings. The third-order valence-electron chi connectivity index (χ3n) is 0.426. The van der Waals surface area contributed by atoms with Crippen LogP contribution < -0.4 is 5.73 Å². The van der Waals surface area contributed by atoms with Crippen molar-refractivity contribution in [1.29, 1.82) is 0 Å². The second-order valence-corrected chi connectivity index (χ2v) is 1.66. The van der Waals surface area contributed by atoms with Crippen LogP contribution in [-0.2, 0) is 4.79 Å². The first-order chi connectivity index (χ1) is 3.27. The fraction of sp³-hybridized carbons (Fsp3) is 0.667. The highest BCUT2D eigenvalue weighted by molar-refractivity contribution is 7.94. The van der Waals surface area contributed by atoms with Gasteiger partial charge in [0, 0.05) is 24.3 Å². The van der Waals surface area contributed by atoms with Crippen LogP contribution in [-0.4, -0.2) is 11.7 Å². The fourth-order valence-corrected chi connectivity index (χ4v) is 0.418. The highest BCUT2D eigenvalue weighted by Gasteiger charge is 1.90. The molecule has 0 rings (SSSR count). The van der Waals surface area contributed by atoms with Crippen molar-refractivity contribution in [2.24, 2.45) is 5.73 Å². The lowest BCUT2D eigenvalue weighted by Gasteiger charge is -1.83. The van der Waals surface area contributed by atoms with Gasteiger partial charge in [-0.15, -0.1) is 0 Å². The zero-order valence-corrected chi connectivity index (χ0v) is 4.50. The van der Waals surface area contributed by atoms with Gasteiger partial charge in [-0.3, -0.25) is 4.79 Å². The van der Waals surface area contributed by atoms with Gasteiger partial charge < -0.3 is 5.73 Å². The van der Waals surface area contributed by atoms with E-state index in [1.54, 1.807) is 0 Å². The monoisotopic (exact) mass is 123 g/mol. The molecule has 0 aliphatic carbocycles. The van der Waals surface area contributed by atoms with E-state index in [9.17, 15) is 8.68 Å². The van der Waals surface area contributed by atoms with Crippen molar-refractivity contribution in [2.45, 2.75) is 6.42 Å². The molecule has 0 aromatic rings. The van der Waals surface area contributed by atoms with Gasteiger partial charge in [0.2, 0.25) is 5.91 Å². The lowest BCUT2D eigenvalue weighted by Crippen LogP contribution is -2.10. The van der Waals surface area contributed by atoms with Crippen molar-refractivity contribution in [3.8, 4) is 0 Å². The fourth-order valence-electron chi connectivity index (χ4n) is 0.139. The van der Waals surface area contributed by atoms with Crippen molar-refractivity contribution < 1.29 is 8.68 Å². The molecule has 0 spiro atoms. The van der Waals surface area contributed by atoms with E-state index in [0.717, 1.165) is 0 Å². The Labute approximate surface area is 45.6 Å². The van der Waals surface area contributed by atoms with Gasteiger partial charge in [-0.1, -0.05) is 0 Å². The number of hydrogen-bond acceptors (Lipinski definition) is 2. The highest BCUT2D eigenvalue weighted by Crippen LogP contribution is 2.00. The number of primary amides is 1. The molecule has 0 atom stereocenters. The second kappa shape index (κ2) is 3.92. The summed E-state index contributed by atoms with van der Waals surface area (Å²) in [6, 6.07) is 0. The Morgan fingerprint density at radius 2 is 2.43 bits per heavy atom. The van der Waals surface area contributed by atoms with Crippen LogP contribution in [0.2, 0.25) is 0 Å². The molecule has 0 saturated carbocycles. The summed E-state index contributed by atoms with van der Waals surface area (Å²) in [5.74, 6) is -0.278. The number of rotatable bonds is 3. The van der Waals surface area contributed by atoms with E-state index in [4.69, 9.17) is 0 Å². The van der Waals surface area contributed by atoms with E-state index >= 15 is 0 Å². The van der Waals surface area contributed by atoms with Crippen LogP contribution in [0, 0.1) is 0 Å². The van der Waals surface area contributed by atoms with Gasteiger partial charge in [0.1, 0.15) is 0 Å². The molecule has 0 unspecified atom stereocenters.